The van der Waals surface area contributed by atoms with Crippen LogP contribution in [0.15, 0.2) is 42.1 Å². The Balaban J connectivity index is 1.57. The number of hydrogen-bond donors (Lipinski definition) is 0. The van der Waals surface area contributed by atoms with Gasteiger partial charge in [-0.05, 0) is 17.6 Å². The van der Waals surface area contributed by atoms with E-state index in [-0.39, 0.29) is 24.3 Å². The van der Waals surface area contributed by atoms with E-state index in [1.165, 1.54) is 0 Å². The van der Waals surface area contributed by atoms with Crippen molar-refractivity contribution < 1.29 is 17.4 Å². The van der Waals surface area contributed by atoms with Crippen LogP contribution in [0.3, 0.4) is 0 Å². The summed E-state index contributed by atoms with van der Waals surface area (Å²) in [7, 11) is -3.59. The number of nitrogens with zero attached hydrogens (tertiary/aromatic N) is 1. The molecule has 1 saturated heterocycles. The quantitative estimate of drug-likeness (QED) is 0.608. The molecule has 2 heterocycles. The van der Waals surface area contributed by atoms with Gasteiger partial charge in [-0.2, -0.15) is 8.42 Å². The van der Waals surface area contributed by atoms with Gasteiger partial charge in [0.05, 0.1) is 6.61 Å². The van der Waals surface area contributed by atoms with E-state index in [9.17, 15) is 13.2 Å². The van der Waals surface area contributed by atoms with Crippen molar-refractivity contribution >= 4 is 16.0 Å². The van der Waals surface area contributed by atoms with Gasteiger partial charge in [0.15, 0.2) is 0 Å². The van der Waals surface area contributed by atoms with Crippen LogP contribution in [-0.4, -0.2) is 31.9 Å². The lowest BCUT2D eigenvalue weighted by Crippen LogP contribution is -2.45. The predicted molar refractivity (Wildman–Crippen MR) is 73.0 cm³/mol. The number of rotatable bonds is 5. The van der Waals surface area contributed by atoms with E-state index in [2.05, 4.69) is 0 Å². The van der Waals surface area contributed by atoms with E-state index in [0.717, 1.165) is 5.57 Å². The number of benzene rings is 1. The van der Waals surface area contributed by atoms with Crippen molar-refractivity contribution in [3.8, 4) is 0 Å². The summed E-state index contributed by atoms with van der Waals surface area (Å²) in [6.45, 7) is 0.0371. The second-order valence-electron chi connectivity index (χ2n) is 5.10. The summed E-state index contributed by atoms with van der Waals surface area (Å²) in [5.74, 6) is -0.0372. The number of hydrogen-bond acceptors (Lipinski definition) is 4. The highest BCUT2D eigenvalue weighted by Gasteiger charge is 2.39. The SMILES string of the molecule is O=C1C[C@H]2CC(COS(=O)(=O)Cc3ccccc3)=CN12. The Bertz CT molecular complexity index is 651. The maximum atomic E-state index is 11.9. The van der Waals surface area contributed by atoms with Crippen LogP contribution < -0.4 is 0 Å². The summed E-state index contributed by atoms with van der Waals surface area (Å²) in [5, 5.41) is 0. The third kappa shape index (κ3) is 2.76. The summed E-state index contributed by atoms with van der Waals surface area (Å²) < 4.78 is 28.8. The molecule has 0 bridgehead atoms. The van der Waals surface area contributed by atoms with Gasteiger partial charge in [0.1, 0.15) is 5.75 Å². The lowest BCUT2D eigenvalue weighted by Gasteiger charge is -2.32. The van der Waals surface area contributed by atoms with Gasteiger partial charge in [0.25, 0.3) is 10.1 Å². The number of carbonyl (C=O) groups is 1. The summed E-state index contributed by atoms with van der Waals surface area (Å²) in [5.41, 5.74) is 1.56. The molecule has 0 radical (unpaired) electrons. The minimum atomic E-state index is -3.59. The van der Waals surface area contributed by atoms with Gasteiger partial charge < -0.3 is 4.90 Å². The Hall–Kier alpha value is -1.66. The van der Waals surface area contributed by atoms with Gasteiger partial charge >= 0.3 is 0 Å². The molecule has 2 aliphatic rings. The molecule has 5 nitrogen and oxygen atoms in total. The normalized spacial score (nSPS) is 21.4. The highest BCUT2D eigenvalue weighted by atomic mass is 32.2. The zero-order valence-corrected chi connectivity index (χ0v) is 11.7. The fraction of sp³-hybridized carbons (Fsp3) is 0.357. The molecule has 2 aliphatic heterocycles. The first kappa shape index (κ1) is 13.3. The molecular formula is C14H15NO4S. The molecule has 106 valence electrons. The average molecular weight is 293 g/mol. The Morgan fingerprint density at radius 1 is 1.20 bits per heavy atom. The molecule has 0 spiro atoms. The van der Waals surface area contributed by atoms with Crippen LogP contribution in [0.1, 0.15) is 18.4 Å². The summed E-state index contributed by atoms with van der Waals surface area (Å²) >= 11 is 0. The van der Waals surface area contributed by atoms with Crippen LogP contribution in [-0.2, 0) is 24.8 Å². The lowest BCUT2D eigenvalue weighted by atomic mass is 10.0. The Morgan fingerprint density at radius 3 is 2.60 bits per heavy atom. The number of fused-ring (bicyclic) bond motifs is 1. The molecule has 0 saturated carbocycles. The number of carbonyl (C=O) groups excluding carboxylic acids is 1. The van der Waals surface area contributed by atoms with E-state index in [4.69, 9.17) is 4.18 Å². The Kier molecular flexibility index (Phi) is 3.35. The zero-order valence-electron chi connectivity index (χ0n) is 10.9. The molecule has 1 aromatic rings. The third-order valence-corrected chi connectivity index (χ3v) is 4.69. The zero-order chi connectivity index (χ0) is 14.2. The first-order valence-electron chi connectivity index (χ1n) is 6.45. The van der Waals surface area contributed by atoms with Crippen LogP contribution in [0.25, 0.3) is 0 Å². The molecule has 1 fully saturated rings. The molecule has 3 rings (SSSR count). The standard InChI is InChI=1S/C14H15NO4S/c16-14-7-13-6-12(8-15(13)14)9-19-20(17,18)10-11-4-2-1-3-5-11/h1-5,8,13H,6-7,9-10H2/t13-/m1/s1. The molecule has 0 N–H and O–H groups in total. The van der Waals surface area contributed by atoms with E-state index in [1.807, 2.05) is 6.07 Å². The fourth-order valence-corrected chi connectivity index (χ4v) is 3.49. The highest BCUT2D eigenvalue weighted by molar-refractivity contribution is 7.85. The summed E-state index contributed by atoms with van der Waals surface area (Å²) in [6, 6.07) is 9.14. The van der Waals surface area contributed by atoms with E-state index >= 15 is 0 Å². The Morgan fingerprint density at radius 2 is 1.95 bits per heavy atom. The number of β-lactam (4-membered cyclic amide) rings is 1. The van der Waals surface area contributed by atoms with Crippen molar-refractivity contribution in [2.75, 3.05) is 6.61 Å². The van der Waals surface area contributed by atoms with Gasteiger partial charge in [-0.25, -0.2) is 0 Å². The van der Waals surface area contributed by atoms with Crippen molar-refractivity contribution in [2.45, 2.75) is 24.6 Å². The van der Waals surface area contributed by atoms with Crippen molar-refractivity contribution in [2.24, 2.45) is 0 Å². The van der Waals surface area contributed by atoms with Crippen molar-refractivity contribution in [1.29, 1.82) is 0 Å². The first-order chi connectivity index (χ1) is 9.53. The Labute approximate surface area is 118 Å². The van der Waals surface area contributed by atoms with E-state index in [0.29, 0.717) is 18.4 Å². The van der Waals surface area contributed by atoms with Crippen LogP contribution in [0, 0.1) is 0 Å². The van der Waals surface area contributed by atoms with Gasteiger partial charge in [0.2, 0.25) is 5.91 Å². The maximum absolute atomic E-state index is 11.9. The minimum absolute atomic E-state index is 0.0371. The van der Waals surface area contributed by atoms with Gasteiger partial charge in [0, 0.05) is 18.7 Å². The van der Waals surface area contributed by atoms with Crippen molar-refractivity contribution in [3.63, 3.8) is 0 Å². The van der Waals surface area contributed by atoms with Crippen molar-refractivity contribution in [3.05, 3.63) is 47.7 Å². The first-order valence-corrected chi connectivity index (χ1v) is 8.03. The molecule has 1 amide bonds. The van der Waals surface area contributed by atoms with Crippen molar-refractivity contribution in [1.82, 2.24) is 4.90 Å². The molecule has 0 unspecified atom stereocenters. The fourth-order valence-electron chi connectivity index (χ4n) is 2.48. The van der Waals surface area contributed by atoms with Gasteiger partial charge in [-0.15, -0.1) is 0 Å². The second kappa shape index (κ2) is 5.03. The topological polar surface area (TPSA) is 63.7 Å². The van der Waals surface area contributed by atoms with E-state index in [1.54, 1.807) is 35.4 Å². The molecule has 6 heteroatoms. The molecule has 0 aromatic heterocycles. The second-order valence-corrected chi connectivity index (χ2v) is 6.74. The van der Waals surface area contributed by atoms with Gasteiger partial charge in [-0.1, -0.05) is 30.3 Å². The molecule has 1 atom stereocenters. The largest absolute Gasteiger partial charge is 0.315 e. The molecule has 20 heavy (non-hydrogen) atoms. The monoisotopic (exact) mass is 293 g/mol. The smallest absolute Gasteiger partial charge is 0.271 e. The summed E-state index contributed by atoms with van der Waals surface area (Å²) in [4.78, 5) is 12.9. The number of amides is 1. The highest BCUT2D eigenvalue weighted by Crippen LogP contribution is 2.32. The molecular weight excluding hydrogens is 278 g/mol. The third-order valence-electron chi connectivity index (χ3n) is 3.52. The minimum Gasteiger partial charge on any atom is -0.315 e. The van der Waals surface area contributed by atoms with E-state index < -0.39 is 10.1 Å². The van der Waals surface area contributed by atoms with Crippen LogP contribution >= 0.6 is 0 Å². The van der Waals surface area contributed by atoms with Crippen LogP contribution in [0.2, 0.25) is 0 Å². The van der Waals surface area contributed by atoms with Crippen LogP contribution in [0.4, 0.5) is 0 Å². The maximum Gasteiger partial charge on any atom is 0.271 e. The van der Waals surface area contributed by atoms with Crippen LogP contribution in [0.5, 0.6) is 0 Å². The molecule has 0 aliphatic carbocycles. The van der Waals surface area contributed by atoms with Gasteiger partial charge in [-0.3, -0.25) is 8.98 Å². The molecule has 1 aromatic carbocycles. The summed E-state index contributed by atoms with van der Waals surface area (Å²) in [6.07, 6.45) is 2.98. The lowest BCUT2D eigenvalue weighted by molar-refractivity contribution is -0.140. The predicted octanol–water partition coefficient (Wildman–Crippen LogP) is 1.42. The average Bonchev–Trinajstić information content (AvgIpc) is 2.74.